The molecule has 1 heterocycles. The van der Waals surface area contributed by atoms with Crippen LogP contribution in [0.1, 0.15) is 27.0 Å². The number of ether oxygens (including phenoxy) is 1. The number of carboxylic acid groups (broad SMARTS) is 1. The Balaban J connectivity index is 1.45. The molecule has 1 aliphatic heterocycles. The van der Waals surface area contributed by atoms with Crippen LogP contribution in [0, 0.1) is 6.92 Å². The number of amidine groups is 1. The quantitative estimate of drug-likeness (QED) is 0.493. The first-order chi connectivity index (χ1) is 15.9. The lowest BCUT2D eigenvalue weighted by Gasteiger charge is -2.07. The molecule has 0 aliphatic carbocycles. The van der Waals surface area contributed by atoms with Crippen LogP contribution in [0.4, 0.5) is 5.69 Å². The molecule has 0 unspecified atom stereocenters. The third-order valence-corrected chi connectivity index (χ3v) is 6.09. The Hall–Kier alpha value is -3.84. The van der Waals surface area contributed by atoms with Crippen LogP contribution in [-0.4, -0.2) is 34.1 Å². The molecule has 1 amide bonds. The molecule has 1 aliphatic rings. The predicted molar refractivity (Wildman–Crippen MR) is 131 cm³/mol. The number of aliphatic imine (C=N–C) groups is 1. The van der Waals surface area contributed by atoms with Crippen molar-refractivity contribution in [2.45, 2.75) is 13.5 Å². The van der Waals surface area contributed by atoms with E-state index in [9.17, 15) is 9.59 Å². The summed E-state index contributed by atoms with van der Waals surface area (Å²) < 4.78 is 5.84. The van der Waals surface area contributed by atoms with Gasteiger partial charge in [-0.3, -0.25) is 9.69 Å². The van der Waals surface area contributed by atoms with Gasteiger partial charge in [-0.25, -0.2) is 9.79 Å². The third kappa shape index (κ3) is 5.51. The normalized spacial score (nSPS) is 15.9. The van der Waals surface area contributed by atoms with Crippen molar-refractivity contribution < 1.29 is 19.4 Å². The minimum Gasteiger partial charge on any atom is -0.489 e. The molecule has 1 saturated heterocycles. The van der Waals surface area contributed by atoms with Crippen LogP contribution in [0.25, 0.3) is 6.08 Å². The van der Waals surface area contributed by atoms with Crippen LogP contribution in [-0.2, 0) is 11.4 Å². The van der Waals surface area contributed by atoms with Crippen molar-refractivity contribution in [1.82, 2.24) is 4.90 Å². The summed E-state index contributed by atoms with van der Waals surface area (Å²) in [6, 6.07) is 22.1. The van der Waals surface area contributed by atoms with Gasteiger partial charge in [-0.2, -0.15) is 0 Å². The molecule has 4 rings (SSSR count). The Bertz CT molecular complexity index is 1250. The van der Waals surface area contributed by atoms with Gasteiger partial charge in [-0.1, -0.05) is 48.0 Å². The first kappa shape index (κ1) is 22.4. The van der Waals surface area contributed by atoms with Crippen LogP contribution in [0.5, 0.6) is 5.75 Å². The number of aryl methyl sites for hydroxylation is 1. The van der Waals surface area contributed by atoms with E-state index in [1.807, 2.05) is 42.5 Å². The number of hydrogen-bond acceptors (Lipinski definition) is 5. The highest BCUT2D eigenvalue weighted by Gasteiger charge is 2.30. The predicted octanol–water partition coefficient (Wildman–Crippen LogP) is 5.51. The zero-order valence-electron chi connectivity index (χ0n) is 18.2. The average molecular weight is 459 g/mol. The summed E-state index contributed by atoms with van der Waals surface area (Å²) in [6.45, 7) is 2.54. The molecule has 3 aromatic carbocycles. The third-order valence-electron chi connectivity index (χ3n) is 5.03. The zero-order valence-corrected chi connectivity index (χ0v) is 19.0. The maximum absolute atomic E-state index is 12.7. The Morgan fingerprint density at radius 2 is 1.82 bits per heavy atom. The highest BCUT2D eigenvalue weighted by atomic mass is 32.2. The molecule has 0 radical (unpaired) electrons. The van der Waals surface area contributed by atoms with Crippen LogP contribution >= 0.6 is 11.8 Å². The van der Waals surface area contributed by atoms with Crippen molar-refractivity contribution in [1.29, 1.82) is 0 Å². The van der Waals surface area contributed by atoms with E-state index < -0.39 is 5.97 Å². The van der Waals surface area contributed by atoms with Crippen molar-refractivity contribution in [3.63, 3.8) is 0 Å². The number of thioether (sulfide) groups is 1. The van der Waals surface area contributed by atoms with E-state index in [1.54, 1.807) is 19.2 Å². The molecule has 3 aromatic rings. The van der Waals surface area contributed by atoms with Gasteiger partial charge in [0, 0.05) is 7.05 Å². The maximum atomic E-state index is 12.7. The number of carboxylic acids is 1. The van der Waals surface area contributed by atoms with Crippen LogP contribution in [0.15, 0.2) is 82.7 Å². The molecule has 166 valence electrons. The number of benzene rings is 3. The van der Waals surface area contributed by atoms with Gasteiger partial charge in [-0.15, -0.1) is 0 Å². The number of aromatic carboxylic acids is 1. The summed E-state index contributed by atoms with van der Waals surface area (Å²) in [7, 11) is 1.65. The number of rotatable bonds is 6. The molecule has 0 saturated carbocycles. The standard InChI is InChI=1S/C26H22N2O4S/c1-17-6-8-19(9-7-17)16-32-22-12-10-18(11-13-22)14-23-24(29)28(2)26(33-23)27-21-5-3-4-20(15-21)25(30)31/h3-15H,16H2,1-2H3,(H,30,31)/b23-14+,27-26?. The number of amides is 1. The summed E-state index contributed by atoms with van der Waals surface area (Å²) in [6.07, 6.45) is 1.81. The molecular weight excluding hydrogens is 436 g/mol. The first-order valence-electron chi connectivity index (χ1n) is 10.3. The summed E-state index contributed by atoms with van der Waals surface area (Å²) in [5, 5.41) is 9.65. The Labute approximate surface area is 196 Å². The lowest BCUT2D eigenvalue weighted by atomic mass is 10.1. The summed E-state index contributed by atoms with van der Waals surface area (Å²) in [5.41, 5.74) is 3.81. The second kappa shape index (κ2) is 9.75. The minimum atomic E-state index is -1.02. The van der Waals surface area contributed by atoms with Gasteiger partial charge in [0.2, 0.25) is 0 Å². The first-order valence-corrected chi connectivity index (χ1v) is 11.1. The van der Waals surface area contributed by atoms with Gasteiger partial charge in [-0.05, 0) is 66.2 Å². The summed E-state index contributed by atoms with van der Waals surface area (Å²) in [5.74, 6) is -0.430. The maximum Gasteiger partial charge on any atom is 0.335 e. The fourth-order valence-corrected chi connectivity index (χ4v) is 4.12. The number of carbonyl (C=O) groups is 2. The fourth-order valence-electron chi connectivity index (χ4n) is 3.13. The SMILES string of the molecule is Cc1ccc(COc2ccc(/C=C3/SC(=Nc4cccc(C(=O)O)c4)N(C)C3=O)cc2)cc1. The van der Waals surface area contributed by atoms with Crippen molar-refractivity contribution in [2.75, 3.05) is 7.05 Å². The summed E-state index contributed by atoms with van der Waals surface area (Å²) >= 11 is 1.25. The largest absolute Gasteiger partial charge is 0.489 e. The van der Waals surface area contributed by atoms with Gasteiger partial charge >= 0.3 is 5.97 Å². The monoisotopic (exact) mass is 458 g/mol. The van der Waals surface area contributed by atoms with Gasteiger partial charge in [0.25, 0.3) is 5.91 Å². The highest BCUT2D eigenvalue weighted by molar-refractivity contribution is 8.18. The molecule has 33 heavy (non-hydrogen) atoms. The van der Waals surface area contributed by atoms with E-state index in [-0.39, 0.29) is 11.5 Å². The molecule has 0 atom stereocenters. The number of likely N-dealkylation sites (N-methyl/N-ethyl adjacent to an activating group) is 1. The van der Waals surface area contributed by atoms with Crippen LogP contribution < -0.4 is 4.74 Å². The second-order valence-electron chi connectivity index (χ2n) is 7.57. The number of carbonyl (C=O) groups excluding carboxylic acids is 1. The van der Waals surface area contributed by atoms with E-state index in [2.05, 4.69) is 24.0 Å². The van der Waals surface area contributed by atoms with Gasteiger partial charge in [0.15, 0.2) is 5.17 Å². The second-order valence-corrected chi connectivity index (χ2v) is 8.58. The molecule has 6 nitrogen and oxygen atoms in total. The van der Waals surface area contributed by atoms with Gasteiger partial charge < -0.3 is 9.84 Å². The average Bonchev–Trinajstić information content (AvgIpc) is 3.07. The van der Waals surface area contributed by atoms with Crippen LogP contribution in [0.3, 0.4) is 0 Å². The Morgan fingerprint density at radius 1 is 1.09 bits per heavy atom. The molecule has 0 bridgehead atoms. The van der Waals surface area contributed by atoms with Crippen molar-refractivity contribution in [3.05, 3.63) is 100.0 Å². The molecule has 7 heteroatoms. The smallest absolute Gasteiger partial charge is 0.335 e. The van der Waals surface area contributed by atoms with Gasteiger partial charge in [0.1, 0.15) is 12.4 Å². The van der Waals surface area contributed by atoms with Crippen molar-refractivity contribution in [2.24, 2.45) is 4.99 Å². The summed E-state index contributed by atoms with van der Waals surface area (Å²) in [4.78, 5) is 30.3. The molecular formula is C26H22N2O4S. The molecule has 0 spiro atoms. The number of hydrogen-bond donors (Lipinski definition) is 1. The number of nitrogens with zero attached hydrogens (tertiary/aromatic N) is 2. The van der Waals surface area contributed by atoms with E-state index in [0.29, 0.717) is 22.4 Å². The topological polar surface area (TPSA) is 79.2 Å². The van der Waals surface area contributed by atoms with Gasteiger partial charge in [0.05, 0.1) is 16.2 Å². The van der Waals surface area contributed by atoms with Crippen LogP contribution in [0.2, 0.25) is 0 Å². The Morgan fingerprint density at radius 3 is 2.52 bits per heavy atom. The minimum absolute atomic E-state index is 0.147. The van der Waals surface area contributed by atoms with Crippen molar-refractivity contribution in [3.8, 4) is 5.75 Å². The molecule has 1 N–H and O–H groups in total. The molecule has 0 aromatic heterocycles. The lowest BCUT2D eigenvalue weighted by molar-refractivity contribution is -0.121. The van der Waals surface area contributed by atoms with Crippen molar-refractivity contribution >= 4 is 40.6 Å². The fraction of sp³-hybridized carbons (Fsp3) is 0.115. The van der Waals surface area contributed by atoms with E-state index >= 15 is 0 Å². The zero-order chi connectivity index (χ0) is 23.4. The highest BCUT2D eigenvalue weighted by Crippen LogP contribution is 2.33. The van der Waals surface area contributed by atoms with E-state index in [4.69, 9.17) is 9.84 Å². The lowest BCUT2D eigenvalue weighted by Crippen LogP contribution is -2.23. The Kier molecular flexibility index (Phi) is 6.60. The molecule has 1 fully saturated rings. The van der Waals surface area contributed by atoms with E-state index in [1.165, 1.54) is 34.4 Å². The van der Waals surface area contributed by atoms with E-state index in [0.717, 1.165) is 16.9 Å².